The van der Waals surface area contributed by atoms with Gasteiger partial charge in [0.2, 0.25) is 0 Å². The van der Waals surface area contributed by atoms with Gasteiger partial charge in [0, 0.05) is 5.92 Å². The average Bonchev–Trinajstić information content (AvgIpc) is 2.37. The van der Waals surface area contributed by atoms with E-state index in [1.165, 1.54) is 5.56 Å². The van der Waals surface area contributed by atoms with Crippen LogP contribution in [0.15, 0.2) is 12.1 Å². The maximum Gasteiger partial charge on any atom is 0.149 e. The summed E-state index contributed by atoms with van der Waals surface area (Å²) >= 11 is 0. The van der Waals surface area contributed by atoms with Crippen molar-refractivity contribution in [3.05, 3.63) is 28.8 Å². The van der Waals surface area contributed by atoms with Crippen molar-refractivity contribution in [3.8, 4) is 5.75 Å². The third-order valence-corrected chi connectivity index (χ3v) is 4.93. The smallest absolute Gasteiger partial charge is 0.149 e. The zero-order valence-electron chi connectivity index (χ0n) is 11.7. The zero-order valence-corrected chi connectivity index (χ0v) is 11.7. The molecule has 0 radical (unpaired) electrons. The fraction of sp³-hybridized carbons (Fsp3) is 0.562. The van der Waals surface area contributed by atoms with Gasteiger partial charge < -0.3 is 9.84 Å². The van der Waals surface area contributed by atoms with Crippen molar-refractivity contribution in [2.24, 2.45) is 5.41 Å². The largest absolute Gasteiger partial charge is 0.496 e. The molecule has 102 valence electrons. The minimum Gasteiger partial charge on any atom is -0.496 e. The number of aliphatic hydroxyl groups excluding tert-OH is 1. The molecule has 2 bridgehead atoms. The van der Waals surface area contributed by atoms with Crippen LogP contribution < -0.4 is 4.74 Å². The van der Waals surface area contributed by atoms with Crippen LogP contribution >= 0.6 is 0 Å². The summed E-state index contributed by atoms with van der Waals surface area (Å²) in [5, 5.41) is 10.2. The Bertz CT molecular complexity index is 549. The molecule has 1 aromatic rings. The minimum absolute atomic E-state index is 0.0633. The molecule has 19 heavy (non-hydrogen) atoms. The molecule has 0 amide bonds. The van der Waals surface area contributed by atoms with E-state index in [0.29, 0.717) is 12.8 Å². The molecule has 0 saturated heterocycles. The van der Waals surface area contributed by atoms with Gasteiger partial charge in [-0.3, -0.25) is 4.79 Å². The average molecular weight is 260 g/mol. The molecule has 0 aromatic heterocycles. The van der Waals surface area contributed by atoms with Crippen molar-refractivity contribution in [1.29, 1.82) is 0 Å². The molecule has 3 atom stereocenters. The van der Waals surface area contributed by atoms with Gasteiger partial charge in [-0.05, 0) is 55.9 Å². The lowest BCUT2D eigenvalue weighted by Crippen LogP contribution is -2.51. The molecule has 1 N–H and O–H groups in total. The standard InChI is InChI=1S/C16H20O3/c1-9-6-10-8-16(2)14(17)5-4-11(15(16)18)12(10)7-13(9)19-3/h6-7,11,14,17H,4-5,8H2,1-3H3/t11-,14+,16-/m1/s1. The predicted molar refractivity (Wildman–Crippen MR) is 72.5 cm³/mol. The number of methoxy groups -OCH3 is 1. The Morgan fingerprint density at radius 3 is 2.79 bits per heavy atom. The fourth-order valence-electron chi connectivity index (χ4n) is 3.69. The van der Waals surface area contributed by atoms with Crippen molar-refractivity contribution in [3.63, 3.8) is 0 Å². The van der Waals surface area contributed by atoms with E-state index in [9.17, 15) is 9.90 Å². The van der Waals surface area contributed by atoms with E-state index < -0.39 is 11.5 Å². The van der Waals surface area contributed by atoms with Crippen LogP contribution in [0.4, 0.5) is 0 Å². The number of rotatable bonds is 1. The third-order valence-electron chi connectivity index (χ3n) is 4.93. The van der Waals surface area contributed by atoms with Gasteiger partial charge in [-0.15, -0.1) is 0 Å². The first kappa shape index (κ1) is 12.7. The van der Waals surface area contributed by atoms with Crippen molar-refractivity contribution < 1.29 is 14.6 Å². The van der Waals surface area contributed by atoms with E-state index in [1.807, 2.05) is 19.9 Å². The molecule has 1 saturated carbocycles. The molecule has 3 heteroatoms. The number of carbonyl (C=O) groups excluding carboxylic acids is 1. The Morgan fingerprint density at radius 2 is 2.11 bits per heavy atom. The minimum atomic E-state index is -0.600. The Labute approximate surface area is 113 Å². The van der Waals surface area contributed by atoms with E-state index in [0.717, 1.165) is 23.3 Å². The first-order valence-electron chi connectivity index (χ1n) is 6.87. The number of benzene rings is 1. The van der Waals surface area contributed by atoms with Crippen LogP contribution in [0.5, 0.6) is 5.75 Å². The summed E-state index contributed by atoms with van der Waals surface area (Å²) in [5.74, 6) is 0.984. The summed E-state index contributed by atoms with van der Waals surface area (Å²) in [4.78, 5) is 12.6. The van der Waals surface area contributed by atoms with Crippen LogP contribution in [-0.4, -0.2) is 24.1 Å². The SMILES string of the molecule is COc1cc2c(cc1C)C[C@@]1(C)C(=O)[C@@H]2CC[C@@H]1O. The molecule has 1 fully saturated rings. The molecule has 0 aliphatic heterocycles. The Hall–Kier alpha value is -1.35. The lowest BCUT2D eigenvalue weighted by molar-refractivity contribution is -0.142. The van der Waals surface area contributed by atoms with Crippen molar-refractivity contribution in [2.45, 2.75) is 45.1 Å². The number of Topliss-reactive ketones (excluding diaryl/α,β-unsaturated/α-hetero) is 1. The lowest BCUT2D eigenvalue weighted by atomic mass is 9.58. The predicted octanol–water partition coefficient (Wildman–Crippen LogP) is 2.37. The molecule has 2 aliphatic rings. The van der Waals surface area contributed by atoms with Crippen LogP contribution in [0.2, 0.25) is 0 Å². The first-order valence-corrected chi connectivity index (χ1v) is 6.87. The van der Waals surface area contributed by atoms with E-state index in [1.54, 1.807) is 7.11 Å². The maximum atomic E-state index is 12.6. The van der Waals surface area contributed by atoms with Crippen molar-refractivity contribution in [2.75, 3.05) is 7.11 Å². The Balaban J connectivity index is 2.16. The highest BCUT2D eigenvalue weighted by atomic mass is 16.5. The van der Waals surface area contributed by atoms with Gasteiger partial charge in [0.1, 0.15) is 11.5 Å². The molecule has 0 unspecified atom stereocenters. The fourth-order valence-corrected chi connectivity index (χ4v) is 3.69. The number of hydrogen-bond donors (Lipinski definition) is 1. The van der Waals surface area contributed by atoms with E-state index in [4.69, 9.17) is 4.74 Å². The van der Waals surface area contributed by atoms with Gasteiger partial charge in [0.15, 0.2) is 0 Å². The van der Waals surface area contributed by atoms with Crippen molar-refractivity contribution >= 4 is 5.78 Å². The number of ether oxygens (including phenoxy) is 1. The van der Waals surface area contributed by atoms with Gasteiger partial charge in [-0.2, -0.15) is 0 Å². The molecule has 2 aliphatic carbocycles. The topological polar surface area (TPSA) is 46.5 Å². The number of hydrogen-bond acceptors (Lipinski definition) is 3. The molecular formula is C16H20O3. The monoisotopic (exact) mass is 260 g/mol. The number of carbonyl (C=O) groups is 1. The lowest BCUT2D eigenvalue weighted by Gasteiger charge is -2.45. The highest BCUT2D eigenvalue weighted by molar-refractivity contribution is 5.94. The Morgan fingerprint density at radius 1 is 1.37 bits per heavy atom. The second kappa shape index (κ2) is 4.07. The Kier molecular flexibility index (Phi) is 2.72. The van der Waals surface area contributed by atoms with Gasteiger partial charge in [0.05, 0.1) is 18.6 Å². The summed E-state index contributed by atoms with van der Waals surface area (Å²) in [6.07, 6.45) is 1.59. The van der Waals surface area contributed by atoms with Gasteiger partial charge in [-0.25, -0.2) is 0 Å². The number of aliphatic hydroxyl groups is 1. The van der Waals surface area contributed by atoms with Gasteiger partial charge in [-0.1, -0.05) is 6.07 Å². The summed E-state index contributed by atoms with van der Waals surface area (Å²) < 4.78 is 5.37. The van der Waals surface area contributed by atoms with E-state index in [-0.39, 0.29) is 11.7 Å². The second-order valence-corrected chi connectivity index (χ2v) is 6.12. The summed E-state index contributed by atoms with van der Waals surface area (Å²) in [5.41, 5.74) is 2.80. The summed E-state index contributed by atoms with van der Waals surface area (Å²) in [6, 6.07) is 4.13. The van der Waals surface area contributed by atoms with E-state index >= 15 is 0 Å². The number of ketones is 1. The highest BCUT2D eigenvalue weighted by Crippen LogP contribution is 2.49. The highest BCUT2D eigenvalue weighted by Gasteiger charge is 2.51. The van der Waals surface area contributed by atoms with Gasteiger partial charge >= 0.3 is 0 Å². The molecular weight excluding hydrogens is 240 g/mol. The molecule has 3 rings (SSSR count). The van der Waals surface area contributed by atoms with E-state index in [2.05, 4.69) is 6.07 Å². The second-order valence-electron chi connectivity index (χ2n) is 6.12. The summed E-state index contributed by atoms with van der Waals surface area (Å²) in [6.45, 7) is 3.93. The van der Waals surface area contributed by atoms with Crippen molar-refractivity contribution in [1.82, 2.24) is 0 Å². The van der Waals surface area contributed by atoms with Crippen LogP contribution in [0.3, 0.4) is 0 Å². The normalized spacial score (nSPS) is 32.9. The number of aryl methyl sites for hydroxylation is 1. The van der Waals surface area contributed by atoms with Crippen LogP contribution in [0.25, 0.3) is 0 Å². The van der Waals surface area contributed by atoms with Gasteiger partial charge in [0.25, 0.3) is 0 Å². The van der Waals surface area contributed by atoms with Crippen LogP contribution in [0, 0.1) is 12.3 Å². The molecule has 0 heterocycles. The summed E-state index contributed by atoms with van der Waals surface area (Å²) in [7, 11) is 1.66. The quantitative estimate of drug-likeness (QED) is 0.843. The number of fused-ring (bicyclic) bond motifs is 4. The van der Waals surface area contributed by atoms with Crippen LogP contribution in [-0.2, 0) is 11.2 Å². The zero-order chi connectivity index (χ0) is 13.8. The first-order chi connectivity index (χ1) is 8.97. The molecule has 0 spiro atoms. The third kappa shape index (κ3) is 1.64. The molecule has 1 aromatic carbocycles. The molecule has 3 nitrogen and oxygen atoms in total. The van der Waals surface area contributed by atoms with Crippen LogP contribution in [0.1, 0.15) is 42.4 Å². The maximum absolute atomic E-state index is 12.6.